The third kappa shape index (κ3) is 2.91. The highest BCUT2D eigenvalue weighted by Gasteiger charge is 2.24. The normalized spacial score (nSPS) is 14.4. The summed E-state index contributed by atoms with van der Waals surface area (Å²) in [6.45, 7) is 0. The number of aliphatic hydroxyl groups is 1. The second kappa shape index (κ2) is 6.25. The molecule has 3 aromatic rings. The second-order valence-corrected chi connectivity index (χ2v) is 7.61. The molecular weight excluding hydrogens is 392 g/mol. The van der Waals surface area contributed by atoms with Gasteiger partial charge in [0.15, 0.2) is 0 Å². The molecule has 5 nitrogen and oxygen atoms in total. The van der Waals surface area contributed by atoms with E-state index in [1.54, 1.807) is 18.4 Å². The van der Waals surface area contributed by atoms with Gasteiger partial charge in [0, 0.05) is 27.0 Å². The number of H-pyrrole nitrogens is 1. The summed E-state index contributed by atoms with van der Waals surface area (Å²) in [5.74, 6) is 0.132. The van der Waals surface area contributed by atoms with Crippen LogP contribution in [0.15, 0.2) is 33.5 Å². The van der Waals surface area contributed by atoms with Crippen LogP contribution in [0, 0.1) is 0 Å². The van der Waals surface area contributed by atoms with Crippen LogP contribution >= 0.6 is 27.5 Å². The van der Waals surface area contributed by atoms with Gasteiger partial charge in [-0.25, -0.2) is 0 Å². The maximum absolute atomic E-state index is 11.4. The van der Waals surface area contributed by atoms with Crippen LogP contribution in [0.3, 0.4) is 0 Å². The van der Waals surface area contributed by atoms with E-state index in [9.17, 15) is 9.66 Å². The number of halogens is 2. The Morgan fingerprint density at radius 3 is 2.95 bits per heavy atom. The molecule has 0 saturated carbocycles. The number of hydrogen-bond acceptors (Lipinski definition) is 4. The molecule has 0 aliphatic rings. The molecule has 1 aromatic carbocycles. The fraction of sp³-hybridized carbons (Fsp3) is 0.214. The van der Waals surface area contributed by atoms with Crippen LogP contribution in [0.1, 0.15) is 11.8 Å². The van der Waals surface area contributed by atoms with Gasteiger partial charge in [-0.05, 0) is 28.1 Å². The number of aromatic nitrogens is 2. The lowest BCUT2D eigenvalue weighted by Gasteiger charge is -2.12. The minimum atomic E-state index is -1.13. The highest BCUT2D eigenvalue weighted by Crippen LogP contribution is 2.38. The quantitative estimate of drug-likeness (QED) is 0.651. The van der Waals surface area contributed by atoms with Gasteiger partial charge in [-0.1, -0.05) is 27.9 Å². The molecule has 0 saturated heterocycles. The summed E-state index contributed by atoms with van der Waals surface area (Å²) in [5.41, 5.74) is 2.63. The molecule has 0 spiro atoms. The van der Waals surface area contributed by atoms with Gasteiger partial charge >= 0.3 is 0 Å². The molecule has 0 aliphatic carbocycles. The zero-order valence-electron chi connectivity index (χ0n) is 11.5. The van der Waals surface area contributed by atoms with Gasteiger partial charge in [-0.15, -0.1) is 0 Å². The van der Waals surface area contributed by atoms with Crippen LogP contribution in [-0.4, -0.2) is 31.8 Å². The summed E-state index contributed by atoms with van der Waals surface area (Å²) < 4.78 is 17.1. The van der Waals surface area contributed by atoms with Gasteiger partial charge < -0.3 is 19.2 Å². The molecule has 0 radical (unpaired) electrons. The maximum Gasteiger partial charge on any atom is 0.139 e. The van der Waals surface area contributed by atoms with E-state index >= 15 is 0 Å². The Morgan fingerprint density at radius 2 is 2.32 bits per heavy atom. The van der Waals surface area contributed by atoms with E-state index in [1.807, 2.05) is 6.07 Å². The average molecular weight is 404 g/mol. The minimum absolute atomic E-state index is 0.132. The summed E-state index contributed by atoms with van der Waals surface area (Å²) >= 11 is 8.43. The molecule has 0 aliphatic heterocycles. The third-order valence-electron chi connectivity index (χ3n) is 3.29. The van der Waals surface area contributed by atoms with Crippen molar-refractivity contribution in [1.82, 2.24) is 10.1 Å². The Kier molecular flexibility index (Phi) is 4.52. The first-order valence-electron chi connectivity index (χ1n) is 6.37. The Balaban J connectivity index is 2.24. The highest BCUT2D eigenvalue weighted by atomic mass is 79.9. The predicted molar refractivity (Wildman–Crippen MR) is 90.4 cm³/mol. The van der Waals surface area contributed by atoms with Crippen molar-refractivity contribution in [3.05, 3.63) is 39.7 Å². The molecule has 22 heavy (non-hydrogen) atoms. The standard InChI is InChI=1S/C14H12BrClN2O3S/c1-22(20)6-12(19)14-13(10-2-3-21-18-10)7-4-9(16)8(15)5-11(7)17-14/h2-5,12,17,19H,6H2,1H3. The summed E-state index contributed by atoms with van der Waals surface area (Å²) in [7, 11) is 0. The van der Waals surface area contributed by atoms with Crippen LogP contribution < -0.4 is 0 Å². The first-order valence-corrected chi connectivity index (χ1v) is 9.26. The number of nitrogens with one attached hydrogen (secondary N) is 1. The smallest absolute Gasteiger partial charge is 0.139 e. The van der Waals surface area contributed by atoms with Crippen molar-refractivity contribution in [3.63, 3.8) is 0 Å². The van der Waals surface area contributed by atoms with Crippen molar-refractivity contribution in [3.8, 4) is 11.3 Å². The van der Waals surface area contributed by atoms with Crippen molar-refractivity contribution >= 4 is 49.6 Å². The summed E-state index contributed by atoms with van der Waals surface area (Å²) in [4.78, 5) is 3.17. The van der Waals surface area contributed by atoms with Gasteiger partial charge in [0.05, 0.1) is 17.0 Å². The zero-order valence-corrected chi connectivity index (χ0v) is 14.6. The maximum atomic E-state index is 11.4. The van der Waals surface area contributed by atoms with E-state index < -0.39 is 17.3 Å². The lowest BCUT2D eigenvalue weighted by atomic mass is 10.1. The Bertz CT molecular complexity index is 804. The highest BCUT2D eigenvalue weighted by molar-refractivity contribution is 9.10. The lowest BCUT2D eigenvalue weighted by Crippen LogP contribution is -2.13. The summed E-state index contributed by atoms with van der Waals surface area (Å²) in [6.07, 6.45) is 2.11. The zero-order chi connectivity index (χ0) is 15.9. The van der Waals surface area contributed by atoms with Crippen molar-refractivity contribution in [1.29, 1.82) is 0 Å². The van der Waals surface area contributed by atoms with Gasteiger partial charge in [0.25, 0.3) is 0 Å². The summed E-state index contributed by atoms with van der Waals surface area (Å²) in [6, 6.07) is 5.33. The number of aromatic amines is 1. The van der Waals surface area contributed by atoms with Crippen LogP contribution in [0.2, 0.25) is 5.02 Å². The van der Waals surface area contributed by atoms with E-state index in [1.165, 1.54) is 6.26 Å². The van der Waals surface area contributed by atoms with Crippen LogP contribution in [0.5, 0.6) is 0 Å². The van der Waals surface area contributed by atoms with Crippen molar-refractivity contribution in [2.45, 2.75) is 6.10 Å². The molecule has 2 N–H and O–H groups in total. The van der Waals surface area contributed by atoms with Crippen molar-refractivity contribution in [2.75, 3.05) is 12.0 Å². The molecule has 3 rings (SSSR count). The summed E-state index contributed by atoms with van der Waals surface area (Å²) in [5, 5.41) is 15.7. The predicted octanol–water partition coefficient (Wildman–Crippen LogP) is 3.65. The Morgan fingerprint density at radius 1 is 1.55 bits per heavy atom. The van der Waals surface area contributed by atoms with E-state index in [4.69, 9.17) is 16.1 Å². The van der Waals surface area contributed by atoms with E-state index in [-0.39, 0.29) is 5.75 Å². The molecule has 2 aromatic heterocycles. The average Bonchev–Trinajstić information content (AvgIpc) is 3.05. The fourth-order valence-electron chi connectivity index (χ4n) is 2.38. The molecule has 0 bridgehead atoms. The van der Waals surface area contributed by atoms with Crippen LogP contribution in [0.25, 0.3) is 22.2 Å². The Hall–Kier alpha value is -0.990. The van der Waals surface area contributed by atoms with E-state index in [0.717, 1.165) is 15.4 Å². The first kappa shape index (κ1) is 15.9. The molecule has 116 valence electrons. The third-order valence-corrected chi connectivity index (χ3v) is 5.27. The topological polar surface area (TPSA) is 85.1 Å². The minimum Gasteiger partial charge on any atom is -0.616 e. The number of aliphatic hydroxyl groups excluding tert-OH is 1. The first-order chi connectivity index (χ1) is 10.5. The Labute approximate surface area is 142 Å². The van der Waals surface area contributed by atoms with Crippen molar-refractivity contribution < 1.29 is 14.2 Å². The largest absolute Gasteiger partial charge is 0.616 e. The number of fused-ring (bicyclic) bond motifs is 1. The number of benzene rings is 1. The van der Waals surface area contributed by atoms with E-state index in [2.05, 4.69) is 26.1 Å². The van der Waals surface area contributed by atoms with Gasteiger partial charge in [-0.3, -0.25) is 0 Å². The van der Waals surface area contributed by atoms with Crippen LogP contribution in [-0.2, 0) is 11.2 Å². The van der Waals surface area contributed by atoms with Gasteiger partial charge in [0.1, 0.15) is 23.8 Å². The second-order valence-electron chi connectivity index (χ2n) is 4.87. The molecule has 8 heteroatoms. The van der Waals surface area contributed by atoms with Gasteiger partial charge in [0.2, 0.25) is 0 Å². The lowest BCUT2D eigenvalue weighted by molar-refractivity contribution is 0.198. The number of rotatable bonds is 4. The fourth-order valence-corrected chi connectivity index (χ4v) is 3.50. The SMILES string of the molecule is C[S+]([O-])CC(O)c1[nH]c2cc(Br)c(Cl)cc2c1-c1ccon1. The van der Waals surface area contributed by atoms with Crippen molar-refractivity contribution in [2.24, 2.45) is 0 Å². The molecule has 2 atom stereocenters. The molecule has 0 fully saturated rings. The molecule has 2 unspecified atom stereocenters. The van der Waals surface area contributed by atoms with E-state index in [0.29, 0.717) is 22.0 Å². The number of hydrogen-bond donors (Lipinski definition) is 2. The monoisotopic (exact) mass is 402 g/mol. The molecule has 2 heterocycles. The molecule has 0 amide bonds. The van der Waals surface area contributed by atoms with Gasteiger partial charge in [-0.2, -0.15) is 0 Å². The molecular formula is C14H12BrClN2O3S. The number of nitrogens with zero attached hydrogens (tertiary/aromatic N) is 1. The van der Waals surface area contributed by atoms with Crippen LogP contribution in [0.4, 0.5) is 0 Å².